The number of rotatable bonds is 3. The van der Waals surface area contributed by atoms with Crippen LogP contribution in [0.15, 0.2) is 36.4 Å². The summed E-state index contributed by atoms with van der Waals surface area (Å²) in [5.74, 6) is 0.747. The van der Waals surface area contributed by atoms with Gasteiger partial charge in [-0.3, -0.25) is 4.79 Å². The Morgan fingerprint density at radius 1 is 1.15 bits per heavy atom. The zero-order valence-electron chi connectivity index (χ0n) is 15.5. The van der Waals surface area contributed by atoms with E-state index in [0.29, 0.717) is 5.75 Å². The van der Waals surface area contributed by atoms with Crippen molar-refractivity contribution in [3.05, 3.63) is 58.8 Å². The van der Waals surface area contributed by atoms with Gasteiger partial charge in [-0.2, -0.15) is 0 Å². The van der Waals surface area contributed by atoms with E-state index in [1.807, 2.05) is 25.1 Å². The monoisotopic (exact) mass is 348 g/mol. The van der Waals surface area contributed by atoms with E-state index in [0.717, 1.165) is 30.5 Å². The van der Waals surface area contributed by atoms with Crippen LogP contribution in [0.5, 0.6) is 5.75 Å². The minimum absolute atomic E-state index is 0.0211. The lowest BCUT2D eigenvalue weighted by atomic mass is 9.85. The molecular weight excluding hydrogens is 324 g/mol. The van der Waals surface area contributed by atoms with Crippen LogP contribution in [0.3, 0.4) is 0 Å². The molecule has 1 aliphatic rings. The molecule has 0 radical (unpaired) electrons. The van der Waals surface area contributed by atoms with Crippen LogP contribution in [0.2, 0.25) is 0 Å². The van der Waals surface area contributed by atoms with Crippen molar-refractivity contribution in [3.8, 4) is 5.75 Å². The van der Waals surface area contributed by atoms with Gasteiger partial charge in [-0.1, -0.05) is 17.7 Å². The number of benzene rings is 2. The molecule has 4 nitrogen and oxygen atoms in total. The molecule has 26 heavy (non-hydrogen) atoms. The Labute approximate surface area is 153 Å². The summed E-state index contributed by atoms with van der Waals surface area (Å²) in [6.45, 7) is 4.12. The first-order valence-electron chi connectivity index (χ1n) is 9.10. The Morgan fingerprint density at radius 2 is 1.92 bits per heavy atom. The Hall–Kier alpha value is -2.75. The lowest BCUT2D eigenvalue weighted by Gasteiger charge is -2.22. The average Bonchev–Trinajstić information content (AvgIpc) is 2.99. The number of aromatic amines is 1. The van der Waals surface area contributed by atoms with Gasteiger partial charge < -0.3 is 15.0 Å². The standard InChI is InChI=1S/C22H24N2O2/c1-13-4-7-18-16(10-13)17-12-15(6-8-19(17)23-18)22(25)24-20-11-14(2)5-9-21(20)26-3/h4-5,7,9-11,15,23H,6,8,12H2,1-3H3,(H,24,25). The lowest BCUT2D eigenvalue weighted by Crippen LogP contribution is -2.28. The van der Waals surface area contributed by atoms with Gasteiger partial charge in [-0.15, -0.1) is 0 Å². The van der Waals surface area contributed by atoms with E-state index in [9.17, 15) is 4.79 Å². The third-order valence-electron chi connectivity index (χ3n) is 5.33. The summed E-state index contributed by atoms with van der Waals surface area (Å²) in [7, 11) is 1.63. The minimum Gasteiger partial charge on any atom is -0.495 e. The smallest absolute Gasteiger partial charge is 0.227 e. The van der Waals surface area contributed by atoms with Crippen LogP contribution >= 0.6 is 0 Å². The van der Waals surface area contributed by atoms with Gasteiger partial charge in [-0.05, 0) is 68.5 Å². The van der Waals surface area contributed by atoms with Crippen LogP contribution in [0, 0.1) is 19.8 Å². The molecule has 3 aromatic rings. The van der Waals surface area contributed by atoms with E-state index in [-0.39, 0.29) is 11.8 Å². The number of ether oxygens (including phenoxy) is 1. The first-order valence-corrected chi connectivity index (χ1v) is 9.10. The number of hydrogen-bond acceptors (Lipinski definition) is 2. The van der Waals surface area contributed by atoms with Gasteiger partial charge in [0, 0.05) is 22.5 Å². The molecule has 2 N–H and O–H groups in total. The zero-order chi connectivity index (χ0) is 18.3. The Bertz CT molecular complexity index is 987. The van der Waals surface area contributed by atoms with Crippen LogP contribution in [0.25, 0.3) is 10.9 Å². The van der Waals surface area contributed by atoms with Gasteiger partial charge in [0.25, 0.3) is 0 Å². The van der Waals surface area contributed by atoms with Crippen LogP contribution in [0.4, 0.5) is 5.69 Å². The molecule has 0 fully saturated rings. The van der Waals surface area contributed by atoms with Crippen LogP contribution in [-0.2, 0) is 17.6 Å². The van der Waals surface area contributed by atoms with E-state index in [2.05, 4.69) is 35.4 Å². The van der Waals surface area contributed by atoms with Crippen molar-refractivity contribution < 1.29 is 9.53 Å². The summed E-state index contributed by atoms with van der Waals surface area (Å²) < 4.78 is 5.38. The van der Waals surface area contributed by atoms with Gasteiger partial charge in [0.15, 0.2) is 0 Å². The van der Waals surface area contributed by atoms with E-state index in [4.69, 9.17) is 4.74 Å². The zero-order valence-corrected chi connectivity index (χ0v) is 15.5. The highest BCUT2D eigenvalue weighted by Crippen LogP contribution is 2.33. The second-order valence-electron chi connectivity index (χ2n) is 7.26. The van der Waals surface area contributed by atoms with Crippen molar-refractivity contribution in [2.75, 3.05) is 12.4 Å². The van der Waals surface area contributed by atoms with E-state index in [1.54, 1.807) is 7.11 Å². The second kappa shape index (κ2) is 6.52. The number of anilines is 1. The maximum Gasteiger partial charge on any atom is 0.227 e. The number of methoxy groups -OCH3 is 1. The number of carbonyl (C=O) groups is 1. The molecule has 0 saturated heterocycles. The molecule has 1 amide bonds. The summed E-state index contributed by atoms with van der Waals surface area (Å²) in [4.78, 5) is 16.4. The molecule has 0 bridgehead atoms. The third kappa shape index (κ3) is 2.96. The van der Waals surface area contributed by atoms with Gasteiger partial charge in [0.1, 0.15) is 5.75 Å². The first kappa shape index (κ1) is 16.7. The van der Waals surface area contributed by atoms with Crippen molar-refractivity contribution in [2.45, 2.75) is 33.1 Å². The van der Waals surface area contributed by atoms with Crippen LogP contribution < -0.4 is 10.1 Å². The maximum absolute atomic E-state index is 12.9. The fraction of sp³-hybridized carbons (Fsp3) is 0.318. The topological polar surface area (TPSA) is 54.1 Å². The molecule has 0 saturated carbocycles. The summed E-state index contributed by atoms with van der Waals surface area (Å²) in [6.07, 6.45) is 2.55. The summed E-state index contributed by atoms with van der Waals surface area (Å²) >= 11 is 0. The SMILES string of the molecule is COc1ccc(C)cc1NC(=O)C1CCc2[nH]c3ccc(C)cc3c2C1. The third-order valence-corrected chi connectivity index (χ3v) is 5.33. The fourth-order valence-corrected chi connectivity index (χ4v) is 3.91. The highest BCUT2D eigenvalue weighted by Gasteiger charge is 2.28. The average molecular weight is 348 g/mol. The largest absolute Gasteiger partial charge is 0.495 e. The lowest BCUT2D eigenvalue weighted by molar-refractivity contribution is -0.120. The Morgan fingerprint density at radius 3 is 2.73 bits per heavy atom. The normalized spacial score (nSPS) is 16.3. The van der Waals surface area contributed by atoms with E-state index in [1.165, 1.54) is 27.7 Å². The molecule has 134 valence electrons. The minimum atomic E-state index is -0.0211. The molecule has 0 aliphatic heterocycles. The summed E-state index contributed by atoms with van der Waals surface area (Å²) in [5.41, 5.74) is 6.84. The fourth-order valence-electron chi connectivity index (χ4n) is 3.91. The number of carbonyl (C=O) groups excluding carboxylic acids is 1. The first-order chi connectivity index (χ1) is 12.5. The van der Waals surface area contributed by atoms with Crippen molar-refractivity contribution in [1.82, 2.24) is 4.98 Å². The van der Waals surface area contributed by atoms with E-state index < -0.39 is 0 Å². The van der Waals surface area contributed by atoms with Gasteiger partial charge in [0.2, 0.25) is 5.91 Å². The Kier molecular flexibility index (Phi) is 4.19. The molecule has 2 aromatic carbocycles. The van der Waals surface area contributed by atoms with Gasteiger partial charge in [-0.25, -0.2) is 0 Å². The number of hydrogen-bond donors (Lipinski definition) is 2. The molecule has 1 aromatic heterocycles. The number of fused-ring (bicyclic) bond motifs is 3. The quantitative estimate of drug-likeness (QED) is 0.730. The van der Waals surface area contributed by atoms with E-state index >= 15 is 0 Å². The number of amides is 1. The summed E-state index contributed by atoms with van der Waals surface area (Å²) in [6, 6.07) is 12.3. The molecule has 0 spiro atoms. The van der Waals surface area contributed by atoms with Crippen molar-refractivity contribution in [2.24, 2.45) is 5.92 Å². The predicted octanol–water partition coefficient (Wildman–Crippen LogP) is 4.54. The predicted molar refractivity (Wildman–Crippen MR) is 105 cm³/mol. The van der Waals surface area contributed by atoms with Crippen molar-refractivity contribution >= 4 is 22.5 Å². The second-order valence-corrected chi connectivity index (χ2v) is 7.26. The molecule has 1 aliphatic carbocycles. The van der Waals surface area contributed by atoms with Crippen LogP contribution in [0.1, 0.15) is 28.8 Å². The maximum atomic E-state index is 12.9. The summed E-state index contributed by atoms with van der Waals surface area (Å²) in [5, 5.41) is 4.34. The molecule has 4 rings (SSSR count). The molecule has 4 heteroatoms. The molecule has 1 unspecified atom stereocenters. The van der Waals surface area contributed by atoms with Crippen LogP contribution in [-0.4, -0.2) is 18.0 Å². The van der Waals surface area contributed by atoms with Gasteiger partial charge in [0.05, 0.1) is 12.8 Å². The van der Waals surface area contributed by atoms with Gasteiger partial charge >= 0.3 is 0 Å². The molecule has 1 atom stereocenters. The highest BCUT2D eigenvalue weighted by molar-refractivity contribution is 5.95. The number of nitrogens with one attached hydrogen (secondary N) is 2. The number of H-pyrrole nitrogens is 1. The number of aromatic nitrogens is 1. The number of aryl methyl sites for hydroxylation is 3. The molecule has 1 heterocycles. The van der Waals surface area contributed by atoms with Crippen molar-refractivity contribution in [1.29, 1.82) is 0 Å². The van der Waals surface area contributed by atoms with Crippen molar-refractivity contribution in [3.63, 3.8) is 0 Å². The molecular formula is C22H24N2O2. The highest BCUT2D eigenvalue weighted by atomic mass is 16.5. The Balaban J connectivity index is 1.59.